The Kier molecular flexibility index (Phi) is 5.50. The molecule has 0 atom stereocenters. The zero-order valence-corrected chi connectivity index (χ0v) is 12.4. The van der Waals surface area contributed by atoms with Crippen LogP contribution in [0.25, 0.3) is 0 Å². The van der Waals surface area contributed by atoms with Gasteiger partial charge in [-0.25, -0.2) is 12.7 Å². The van der Waals surface area contributed by atoms with Crippen LogP contribution in [0.2, 0.25) is 0 Å². The Labute approximate surface area is 116 Å². The van der Waals surface area contributed by atoms with Crippen LogP contribution in [0.1, 0.15) is 0 Å². The van der Waals surface area contributed by atoms with Crippen LogP contribution >= 0.6 is 11.5 Å². The van der Waals surface area contributed by atoms with Gasteiger partial charge in [0.2, 0.25) is 10.0 Å². The lowest BCUT2D eigenvalue weighted by molar-refractivity contribution is 0.281. The molecule has 10 heteroatoms. The largest absolute Gasteiger partial charge is 0.395 e. The highest BCUT2D eigenvalue weighted by Crippen LogP contribution is 2.35. The fraction of sp³-hybridized carbons (Fsp3) is 0.667. The first-order valence-electron chi connectivity index (χ1n) is 5.50. The van der Waals surface area contributed by atoms with Crippen molar-refractivity contribution in [2.45, 2.75) is 4.90 Å². The predicted octanol–water partition coefficient (Wildman–Crippen LogP) is -1.23. The molecule has 0 unspecified atom stereocenters. The zero-order chi connectivity index (χ0) is 14.6. The monoisotopic (exact) mass is 310 g/mol. The fourth-order valence-corrected chi connectivity index (χ4v) is 3.74. The number of aliphatic hydroxyl groups is 2. The average molecular weight is 310 g/mol. The summed E-state index contributed by atoms with van der Waals surface area (Å²) >= 11 is 0.931. The number of rotatable bonds is 7. The summed E-state index contributed by atoms with van der Waals surface area (Å²) in [5.74, 6) is -0.0745. The van der Waals surface area contributed by atoms with Gasteiger partial charge in [-0.15, -0.1) is 0 Å². The van der Waals surface area contributed by atoms with Gasteiger partial charge in [0, 0.05) is 27.2 Å². The third-order valence-electron chi connectivity index (χ3n) is 2.42. The van der Waals surface area contributed by atoms with Gasteiger partial charge in [0.15, 0.2) is 10.7 Å². The molecule has 1 rings (SSSR count). The van der Waals surface area contributed by atoms with Crippen LogP contribution in [-0.4, -0.2) is 67.7 Å². The summed E-state index contributed by atoms with van der Waals surface area (Å²) in [6.45, 7) is 0.0504. The van der Waals surface area contributed by atoms with E-state index in [1.165, 1.54) is 14.1 Å². The smallest absolute Gasteiger partial charge is 0.249 e. The molecule has 0 aliphatic rings. The lowest BCUT2D eigenvalue weighted by atomic mass is 10.4. The maximum Gasteiger partial charge on any atom is 0.249 e. The van der Waals surface area contributed by atoms with Crippen LogP contribution < -0.4 is 10.6 Å². The fourth-order valence-electron chi connectivity index (χ4n) is 1.47. The number of hydrogen-bond acceptors (Lipinski definition) is 8. The van der Waals surface area contributed by atoms with Gasteiger partial charge in [0.25, 0.3) is 0 Å². The van der Waals surface area contributed by atoms with Crippen molar-refractivity contribution in [1.29, 1.82) is 0 Å². The number of nitrogen functional groups attached to an aromatic ring is 1. The third-order valence-corrected chi connectivity index (χ3v) is 5.36. The first-order valence-corrected chi connectivity index (χ1v) is 7.72. The normalized spacial score (nSPS) is 12.1. The molecule has 0 aliphatic carbocycles. The Morgan fingerprint density at radius 3 is 2.21 bits per heavy atom. The Hall–Kier alpha value is -0.940. The minimum Gasteiger partial charge on any atom is -0.395 e. The van der Waals surface area contributed by atoms with Crippen molar-refractivity contribution < 1.29 is 18.6 Å². The van der Waals surface area contributed by atoms with Gasteiger partial charge in [-0.3, -0.25) is 0 Å². The molecule has 1 heterocycles. The number of nitrogens with two attached hydrogens (primary N) is 1. The molecule has 0 spiro atoms. The molecule has 1 aromatic rings. The SMILES string of the molecule is CN(C)S(=O)(=O)c1c(N)nsc1N(CCO)CCO. The molecule has 0 bridgehead atoms. The predicted molar refractivity (Wildman–Crippen MR) is 73.8 cm³/mol. The molecule has 0 fully saturated rings. The van der Waals surface area contributed by atoms with Gasteiger partial charge in [-0.05, 0) is 11.5 Å². The molecule has 110 valence electrons. The van der Waals surface area contributed by atoms with E-state index in [-0.39, 0.29) is 37.0 Å². The van der Waals surface area contributed by atoms with Crippen LogP contribution in [0.15, 0.2) is 4.90 Å². The second kappa shape index (κ2) is 6.48. The van der Waals surface area contributed by atoms with Crippen molar-refractivity contribution in [3.05, 3.63) is 0 Å². The number of aromatic nitrogens is 1. The molecule has 0 aromatic carbocycles. The van der Waals surface area contributed by atoms with Crippen LogP contribution in [0.5, 0.6) is 0 Å². The van der Waals surface area contributed by atoms with Gasteiger partial charge in [-0.1, -0.05) is 0 Å². The second-order valence-corrected chi connectivity index (χ2v) is 6.76. The highest BCUT2D eigenvalue weighted by atomic mass is 32.2. The Morgan fingerprint density at radius 1 is 1.26 bits per heavy atom. The van der Waals surface area contributed by atoms with Crippen LogP contribution in [0.3, 0.4) is 0 Å². The van der Waals surface area contributed by atoms with Crippen molar-refractivity contribution in [2.24, 2.45) is 0 Å². The van der Waals surface area contributed by atoms with Crippen LogP contribution in [-0.2, 0) is 10.0 Å². The molecular formula is C9H18N4O4S2. The summed E-state index contributed by atoms with van der Waals surface area (Å²) in [6, 6.07) is 0. The number of sulfonamides is 1. The third kappa shape index (κ3) is 3.34. The van der Waals surface area contributed by atoms with E-state index in [9.17, 15) is 8.42 Å². The molecule has 19 heavy (non-hydrogen) atoms. The molecule has 0 radical (unpaired) electrons. The Bertz CT molecular complexity index is 508. The van der Waals surface area contributed by atoms with Crippen molar-refractivity contribution in [1.82, 2.24) is 8.68 Å². The molecule has 4 N–H and O–H groups in total. The van der Waals surface area contributed by atoms with Gasteiger partial charge < -0.3 is 20.8 Å². The van der Waals surface area contributed by atoms with E-state index in [4.69, 9.17) is 15.9 Å². The summed E-state index contributed by atoms with van der Waals surface area (Å²) in [4.78, 5) is 1.47. The zero-order valence-electron chi connectivity index (χ0n) is 10.8. The molecule has 0 saturated heterocycles. The van der Waals surface area contributed by atoms with E-state index in [2.05, 4.69) is 4.37 Å². The standard InChI is InChI=1S/C9H18N4O4S2/c1-12(2)19(16,17)7-8(10)11-18-9(7)13(3-5-14)4-6-15/h14-15H,3-6H2,1-2H3,(H2,10,11). The summed E-state index contributed by atoms with van der Waals surface area (Å²) in [7, 11) is -0.922. The lowest BCUT2D eigenvalue weighted by Gasteiger charge is -2.22. The summed E-state index contributed by atoms with van der Waals surface area (Å²) in [6.07, 6.45) is 0. The number of nitrogens with zero attached hydrogens (tertiary/aromatic N) is 3. The second-order valence-electron chi connectivity index (χ2n) is 3.92. The quantitative estimate of drug-likeness (QED) is 0.576. The van der Waals surface area contributed by atoms with E-state index in [1.54, 1.807) is 4.90 Å². The van der Waals surface area contributed by atoms with Crippen molar-refractivity contribution in [3.8, 4) is 0 Å². The maximum atomic E-state index is 12.2. The average Bonchev–Trinajstić information content (AvgIpc) is 2.71. The van der Waals surface area contributed by atoms with Gasteiger partial charge in [0.05, 0.1) is 13.2 Å². The Balaban J connectivity index is 3.30. The number of hydrogen-bond donors (Lipinski definition) is 3. The first kappa shape index (κ1) is 16.1. The van der Waals surface area contributed by atoms with Gasteiger partial charge in [0.1, 0.15) is 5.00 Å². The van der Waals surface area contributed by atoms with Crippen molar-refractivity contribution in [3.63, 3.8) is 0 Å². The number of aliphatic hydroxyl groups excluding tert-OH is 2. The molecule has 0 aliphatic heterocycles. The van der Waals surface area contributed by atoms with Crippen molar-refractivity contribution in [2.75, 3.05) is 51.0 Å². The van der Waals surface area contributed by atoms with Gasteiger partial charge >= 0.3 is 0 Å². The first-order chi connectivity index (χ1) is 8.86. The summed E-state index contributed by atoms with van der Waals surface area (Å²) in [5.41, 5.74) is 5.64. The van der Waals surface area contributed by atoms with E-state index in [0.29, 0.717) is 5.00 Å². The van der Waals surface area contributed by atoms with Crippen LogP contribution in [0, 0.1) is 0 Å². The maximum absolute atomic E-state index is 12.2. The lowest BCUT2D eigenvalue weighted by Crippen LogP contribution is -2.31. The number of anilines is 2. The van der Waals surface area contributed by atoms with E-state index < -0.39 is 10.0 Å². The molecule has 1 aromatic heterocycles. The molecule has 0 amide bonds. The summed E-state index contributed by atoms with van der Waals surface area (Å²) < 4.78 is 29.3. The van der Waals surface area contributed by atoms with E-state index >= 15 is 0 Å². The topological polar surface area (TPSA) is 120 Å². The van der Waals surface area contributed by atoms with Crippen LogP contribution in [0.4, 0.5) is 10.8 Å². The molecular weight excluding hydrogens is 292 g/mol. The summed E-state index contributed by atoms with van der Waals surface area (Å²) in [5, 5.41) is 18.3. The van der Waals surface area contributed by atoms with Gasteiger partial charge in [-0.2, -0.15) is 4.37 Å². The molecule has 8 nitrogen and oxygen atoms in total. The molecule has 0 saturated carbocycles. The highest BCUT2D eigenvalue weighted by Gasteiger charge is 2.30. The minimum atomic E-state index is -3.73. The van der Waals surface area contributed by atoms with E-state index in [0.717, 1.165) is 15.8 Å². The van der Waals surface area contributed by atoms with Crippen molar-refractivity contribution >= 4 is 32.4 Å². The Morgan fingerprint density at radius 2 is 1.79 bits per heavy atom. The highest BCUT2D eigenvalue weighted by molar-refractivity contribution is 7.89. The minimum absolute atomic E-state index is 0.0745. The van der Waals surface area contributed by atoms with E-state index in [1.807, 2.05) is 0 Å².